The molecule has 0 radical (unpaired) electrons. The zero-order chi connectivity index (χ0) is 14.9. The van der Waals surface area contributed by atoms with Crippen LogP contribution in [0.15, 0.2) is 12.3 Å². The van der Waals surface area contributed by atoms with Crippen LogP contribution >= 0.6 is 0 Å². The summed E-state index contributed by atoms with van der Waals surface area (Å²) in [6, 6.07) is 2.47. The molecule has 0 aliphatic heterocycles. The van der Waals surface area contributed by atoms with E-state index in [9.17, 15) is 9.90 Å². The van der Waals surface area contributed by atoms with Gasteiger partial charge < -0.3 is 10.8 Å². The van der Waals surface area contributed by atoms with Gasteiger partial charge in [-0.15, -0.1) is 0 Å². The van der Waals surface area contributed by atoms with Gasteiger partial charge in [-0.2, -0.15) is 5.10 Å². The van der Waals surface area contributed by atoms with Crippen LogP contribution in [0.4, 0.5) is 0 Å². The Bertz CT molecular complexity index is 503. The monoisotopic (exact) mass is 291 g/mol. The summed E-state index contributed by atoms with van der Waals surface area (Å²) in [5.74, 6) is -0.228. The maximum absolute atomic E-state index is 11.8. The highest BCUT2D eigenvalue weighted by atomic mass is 16.4. The van der Waals surface area contributed by atoms with Crippen LogP contribution in [0, 0.1) is 11.3 Å². The Morgan fingerprint density at radius 2 is 2.10 bits per heavy atom. The lowest BCUT2D eigenvalue weighted by Gasteiger charge is -2.27. The van der Waals surface area contributed by atoms with Crippen LogP contribution in [0.5, 0.6) is 0 Å². The Morgan fingerprint density at radius 1 is 1.38 bits per heavy atom. The second kappa shape index (κ2) is 5.79. The molecule has 3 N–H and O–H groups in total. The fourth-order valence-corrected chi connectivity index (χ4v) is 3.54. The van der Waals surface area contributed by atoms with Crippen molar-refractivity contribution < 1.29 is 9.90 Å². The topological polar surface area (TPSA) is 81.1 Å². The van der Waals surface area contributed by atoms with E-state index in [1.54, 1.807) is 0 Å². The fourth-order valence-electron chi connectivity index (χ4n) is 3.54. The normalized spacial score (nSPS) is 22.3. The quantitative estimate of drug-likeness (QED) is 0.808. The van der Waals surface area contributed by atoms with E-state index in [1.807, 2.05) is 16.9 Å². The van der Waals surface area contributed by atoms with Crippen molar-refractivity contribution >= 4 is 5.97 Å². The number of carboxylic acids is 1. The summed E-state index contributed by atoms with van der Waals surface area (Å²) in [7, 11) is 0. The fraction of sp³-hybridized carbons (Fsp3) is 0.750. The molecule has 2 aliphatic rings. The summed E-state index contributed by atoms with van der Waals surface area (Å²) in [4.78, 5) is 11.8. The summed E-state index contributed by atoms with van der Waals surface area (Å²) in [6.07, 6.45) is 10.3. The van der Waals surface area contributed by atoms with Crippen LogP contribution in [0.3, 0.4) is 0 Å². The number of aromatic nitrogens is 2. The largest absolute Gasteiger partial charge is 0.481 e. The van der Waals surface area contributed by atoms with Gasteiger partial charge in [-0.1, -0.05) is 25.7 Å². The molecule has 2 aliphatic carbocycles. The zero-order valence-electron chi connectivity index (χ0n) is 12.5. The van der Waals surface area contributed by atoms with E-state index in [-0.39, 0.29) is 6.54 Å². The van der Waals surface area contributed by atoms with E-state index >= 15 is 0 Å². The van der Waals surface area contributed by atoms with Gasteiger partial charge in [-0.25, -0.2) is 0 Å². The van der Waals surface area contributed by atoms with Crippen LogP contribution in [0.2, 0.25) is 0 Å². The first kappa shape index (κ1) is 14.6. The zero-order valence-corrected chi connectivity index (χ0v) is 12.5. The number of carbonyl (C=O) groups is 1. The van der Waals surface area contributed by atoms with Crippen molar-refractivity contribution in [2.45, 2.75) is 57.4 Å². The van der Waals surface area contributed by atoms with Crippen LogP contribution < -0.4 is 5.73 Å². The molecule has 3 rings (SSSR count). The molecule has 1 heterocycles. The van der Waals surface area contributed by atoms with Crippen molar-refractivity contribution in [1.82, 2.24) is 9.78 Å². The molecule has 0 amide bonds. The van der Waals surface area contributed by atoms with Gasteiger partial charge in [0.15, 0.2) is 0 Å². The Balaban J connectivity index is 1.73. The Labute approximate surface area is 125 Å². The van der Waals surface area contributed by atoms with Gasteiger partial charge in [0.1, 0.15) is 0 Å². The number of rotatable bonds is 7. The minimum atomic E-state index is -0.837. The van der Waals surface area contributed by atoms with Gasteiger partial charge in [-0.3, -0.25) is 9.48 Å². The van der Waals surface area contributed by atoms with Crippen molar-refractivity contribution in [3.63, 3.8) is 0 Å². The van der Waals surface area contributed by atoms with Crippen molar-refractivity contribution in [3.8, 4) is 0 Å². The predicted octanol–water partition coefficient (Wildman–Crippen LogP) is 2.37. The molecular weight excluding hydrogens is 266 g/mol. The van der Waals surface area contributed by atoms with Crippen LogP contribution in [0.25, 0.3) is 0 Å². The Hall–Kier alpha value is -1.36. The first-order chi connectivity index (χ1) is 10.1. The molecular formula is C16H25N3O2. The minimum absolute atomic E-state index is 0.190. The summed E-state index contributed by atoms with van der Waals surface area (Å²) in [5.41, 5.74) is 5.88. The third-order valence-corrected chi connectivity index (χ3v) is 5.10. The summed E-state index contributed by atoms with van der Waals surface area (Å²) >= 11 is 0. The molecule has 0 aromatic carbocycles. The van der Waals surface area contributed by atoms with Gasteiger partial charge >= 0.3 is 5.97 Å². The molecule has 1 aromatic rings. The smallest absolute Gasteiger partial charge is 0.311 e. The lowest BCUT2D eigenvalue weighted by molar-refractivity contribution is -0.149. The van der Waals surface area contributed by atoms with E-state index < -0.39 is 11.4 Å². The minimum Gasteiger partial charge on any atom is -0.481 e. The molecule has 0 bridgehead atoms. The number of aliphatic carboxylic acids is 1. The van der Waals surface area contributed by atoms with Crippen LogP contribution in [0.1, 0.15) is 56.7 Å². The third-order valence-electron chi connectivity index (χ3n) is 5.10. The van der Waals surface area contributed by atoms with E-state index in [0.717, 1.165) is 18.5 Å². The van der Waals surface area contributed by atoms with Gasteiger partial charge in [0, 0.05) is 19.2 Å². The molecule has 1 unspecified atom stereocenters. The number of hydrogen-bond donors (Lipinski definition) is 2. The number of carboxylic acid groups (broad SMARTS) is 1. The molecule has 1 aromatic heterocycles. The molecule has 5 heteroatoms. The van der Waals surface area contributed by atoms with Crippen molar-refractivity contribution in [2.75, 3.05) is 6.54 Å². The second-order valence-electron chi connectivity index (χ2n) is 6.84. The van der Waals surface area contributed by atoms with Crippen molar-refractivity contribution in [1.29, 1.82) is 0 Å². The van der Waals surface area contributed by atoms with E-state index in [4.69, 9.17) is 5.73 Å². The average molecular weight is 291 g/mol. The average Bonchev–Trinajstić information content (AvgIpc) is 2.95. The van der Waals surface area contributed by atoms with Gasteiger partial charge in [-0.05, 0) is 31.2 Å². The van der Waals surface area contributed by atoms with Crippen LogP contribution in [-0.4, -0.2) is 27.4 Å². The predicted molar refractivity (Wildman–Crippen MR) is 79.9 cm³/mol. The maximum Gasteiger partial charge on any atom is 0.311 e. The van der Waals surface area contributed by atoms with Gasteiger partial charge in [0.25, 0.3) is 0 Å². The Kier molecular flexibility index (Phi) is 4.02. The molecule has 1 atom stereocenters. The summed E-state index contributed by atoms with van der Waals surface area (Å²) in [6.45, 7) is 0.190. The molecule has 116 valence electrons. The van der Waals surface area contributed by atoms with Gasteiger partial charge in [0.05, 0.1) is 17.2 Å². The summed E-state index contributed by atoms with van der Waals surface area (Å²) in [5, 5.41) is 14.3. The van der Waals surface area contributed by atoms with Gasteiger partial charge in [0.2, 0.25) is 0 Å². The highest BCUT2D eigenvalue weighted by Crippen LogP contribution is 2.42. The highest BCUT2D eigenvalue weighted by Gasteiger charge is 2.42. The standard InChI is InChI=1S/C16H25N3O2/c17-11-16(15(20)21,9-12-5-6-12)10-13-7-8-19(18-13)14-3-1-2-4-14/h7-8,12,14H,1-6,9-11,17H2,(H,20,21). The van der Waals surface area contributed by atoms with Crippen molar-refractivity contribution in [2.24, 2.45) is 17.1 Å². The lowest BCUT2D eigenvalue weighted by atomic mass is 9.78. The van der Waals surface area contributed by atoms with E-state index in [1.165, 1.54) is 25.7 Å². The van der Waals surface area contributed by atoms with E-state index in [0.29, 0.717) is 24.8 Å². The number of nitrogens with two attached hydrogens (primary N) is 1. The highest BCUT2D eigenvalue weighted by molar-refractivity contribution is 5.75. The molecule has 0 spiro atoms. The number of hydrogen-bond acceptors (Lipinski definition) is 3. The maximum atomic E-state index is 11.8. The molecule has 0 saturated heterocycles. The Morgan fingerprint density at radius 3 is 2.67 bits per heavy atom. The van der Waals surface area contributed by atoms with Crippen LogP contribution in [-0.2, 0) is 11.2 Å². The summed E-state index contributed by atoms with van der Waals surface area (Å²) < 4.78 is 2.03. The van der Waals surface area contributed by atoms with E-state index in [2.05, 4.69) is 5.10 Å². The molecule has 5 nitrogen and oxygen atoms in total. The molecule has 2 saturated carbocycles. The van der Waals surface area contributed by atoms with Crippen molar-refractivity contribution in [3.05, 3.63) is 18.0 Å². The molecule has 21 heavy (non-hydrogen) atoms. The third kappa shape index (κ3) is 3.12. The SMILES string of the molecule is NCC(Cc1ccn(C2CCCC2)n1)(CC1CC1)C(=O)O. The number of nitrogens with zero attached hydrogens (tertiary/aromatic N) is 2. The first-order valence-electron chi connectivity index (χ1n) is 8.10. The second-order valence-corrected chi connectivity index (χ2v) is 6.84. The first-order valence-corrected chi connectivity index (χ1v) is 8.10. The lowest BCUT2D eigenvalue weighted by Crippen LogP contribution is -2.41. The molecule has 2 fully saturated rings.